The first-order valence-electron chi connectivity index (χ1n) is 8.62. The number of esters is 1. The number of likely N-dealkylation sites (tertiary alicyclic amines) is 1. The summed E-state index contributed by atoms with van der Waals surface area (Å²) >= 11 is 0. The number of amides is 1. The van der Waals surface area contributed by atoms with Gasteiger partial charge in [0.25, 0.3) is 0 Å². The minimum atomic E-state index is -0.609. The summed E-state index contributed by atoms with van der Waals surface area (Å²) in [5, 5.41) is 0. The molecule has 0 aromatic heterocycles. The minimum Gasteiger partial charge on any atom is -0.466 e. The SMILES string of the molecule is CCOC(=O)[C@H]1CCN(C(=O)OC(C)(C)C)C[C@@H]1c1ccccc1F. The summed E-state index contributed by atoms with van der Waals surface area (Å²) in [5.41, 5.74) is -0.184. The summed E-state index contributed by atoms with van der Waals surface area (Å²) in [6.07, 6.45) is -0.0342. The lowest BCUT2D eigenvalue weighted by Gasteiger charge is -2.38. The van der Waals surface area contributed by atoms with Gasteiger partial charge in [0.15, 0.2) is 0 Å². The van der Waals surface area contributed by atoms with Gasteiger partial charge >= 0.3 is 12.1 Å². The molecule has 25 heavy (non-hydrogen) atoms. The molecular formula is C19H26FNO4. The quantitative estimate of drug-likeness (QED) is 0.779. The Labute approximate surface area is 148 Å². The molecule has 1 aromatic carbocycles. The summed E-state index contributed by atoms with van der Waals surface area (Å²) in [6.45, 7) is 8.00. The number of carbonyl (C=O) groups excluding carboxylic acids is 2. The molecule has 1 aromatic rings. The van der Waals surface area contributed by atoms with Crippen molar-refractivity contribution in [2.75, 3.05) is 19.7 Å². The first-order valence-corrected chi connectivity index (χ1v) is 8.62. The van der Waals surface area contributed by atoms with Crippen LogP contribution in [0.2, 0.25) is 0 Å². The van der Waals surface area contributed by atoms with Gasteiger partial charge in [-0.15, -0.1) is 0 Å². The van der Waals surface area contributed by atoms with Crippen molar-refractivity contribution in [2.24, 2.45) is 5.92 Å². The van der Waals surface area contributed by atoms with E-state index in [1.807, 2.05) is 0 Å². The first kappa shape index (κ1) is 19.2. The first-order chi connectivity index (χ1) is 11.7. The van der Waals surface area contributed by atoms with Crippen LogP contribution in [0.4, 0.5) is 9.18 Å². The Morgan fingerprint density at radius 3 is 2.56 bits per heavy atom. The Bertz CT molecular complexity index is 626. The standard InChI is InChI=1S/C19H26FNO4/c1-5-24-17(22)14-10-11-21(18(23)25-19(2,3)4)12-15(14)13-8-6-7-9-16(13)20/h6-9,14-15H,5,10-12H2,1-4H3/t14-,15+/m0/s1. The van der Waals surface area contributed by atoms with E-state index in [-0.39, 0.29) is 24.9 Å². The van der Waals surface area contributed by atoms with Gasteiger partial charge in [0.05, 0.1) is 12.5 Å². The van der Waals surface area contributed by atoms with E-state index >= 15 is 0 Å². The molecule has 1 aliphatic heterocycles. The van der Waals surface area contributed by atoms with Gasteiger partial charge in [0.1, 0.15) is 11.4 Å². The molecule has 2 rings (SSSR count). The van der Waals surface area contributed by atoms with Crippen molar-refractivity contribution in [3.8, 4) is 0 Å². The van der Waals surface area contributed by atoms with Crippen molar-refractivity contribution in [3.63, 3.8) is 0 Å². The Balaban J connectivity index is 2.25. The van der Waals surface area contributed by atoms with E-state index in [9.17, 15) is 14.0 Å². The molecule has 0 aliphatic carbocycles. The number of nitrogens with zero attached hydrogens (tertiary/aromatic N) is 1. The molecule has 1 fully saturated rings. The second-order valence-corrected chi connectivity index (χ2v) is 7.20. The van der Waals surface area contributed by atoms with E-state index in [2.05, 4.69) is 0 Å². The van der Waals surface area contributed by atoms with E-state index in [0.29, 0.717) is 18.5 Å². The lowest BCUT2D eigenvalue weighted by atomic mass is 9.80. The average Bonchev–Trinajstić information content (AvgIpc) is 2.53. The Morgan fingerprint density at radius 1 is 1.28 bits per heavy atom. The van der Waals surface area contributed by atoms with Crippen molar-refractivity contribution in [1.29, 1.82) is 0 Å². The van der Waals surface area contributed by atoms with Crippen LogP contribution in [0, 0.1) is 11.7 Å². The highest BCUT2D eigenvalue weighted by molar-refractivity contribution is 5.75. The molecule has 6 heteroatoms. The van der Waals surface area contributed by atoms with Gasteiger partial charge in [0, 0.05) is 19.0 Å². The highest BCUT2D eigenvalue weighted by Crippen LogP contribution is 2.35. The molecule has 0 saturated carbocycles. The minimum absolute atomic E-state index is 0.222. The fourth-order valence-electron chi connectivity index (χ4n) is 3.07. The maximum atomic E-state index is 14.3. The second-order valence-electron chi connectivity index (χ2n) is 7.20. The Morgan fingerprint density at radius 2 is 1.96 bits per heavy atom. The number of hydrogen-bond acceptors (Lipinski definition) is 4. The van der Waals surface area contributed by atoms with E-state index < -0.39 is 23.5 Å². The predicted octanol–water partition coefficient (Wildman–Crippen LogP) is 3.73. The van der Waals surface area contributed by atoms with E-state index in [1.54, 1.807) is 45.9 Å². The number of hydrogen-bond donors (Lipinski definition) is 0. The van der Waals surface area contributed by atoms with Gasteiger partial charge in [-0.05, 0) is 45.7 Å². The normalized spacial score (nSPS) is 20.9. The van der Waals surface area contributed by atoms with Crippen LogP contribution in [0.5, 0.6) is 0 Å². The molecule has 0 spiro atoms. The third-order valence-electron chi connectivity index (χ3n) is 4.16. The number of carbonyl (C=O) groups is 2. The van der Waals surface area contributed by atoms with Crippen LogP contribution in [0.3, 0.4) is 0 Å². The van der Waals surface area contributed by atoms with E-state index in [4.69, 9.17) is 9.47 Å². The highest BCUT2D eigenvalue weighted by Gasteiger charge is 2.39. The number of ether oxygens (including phenoxy) is 2. The van der Waals surface area contributed by atoms with Crippen LogP contribution in [0.15, 0.2) is 24.3 Å². The van der Waals surface area contributed by atoms with Gasteiger partial charge in [-0.1, -0.05) is 18.2 Å². The molecule has 1 saturated heterocycles. The molecule has 1 amide bonds. The van der Waals surface area contributed by atoms with Gasteiger partial charge in [0.2, 0.25) is 0 Å². The lowest BCUT2D eigenvalue weighted by molar-refractivity contribution is -0.150. The summed E-state index contributed by atoms with van der Waals surface area (Å²) in [6, 6.07) is 6.36. The Hall–Kier alpha value is -2.11. The van der Waals surface area contributed by atoms with Crippen molar-refractivity contribution in [1.82, 2.24) is 4.90 Å². The van der Waals surface area contributed by atoms with Gasteiger partial charge in [-0.25, -0.2) is 9.18 Å². The zero-order valence-electron chi connectivity index (χ0n) is 15.3. The zero-order chi connectivity index (χ0) is 18.6. The van der Waals surface area contributed by atoms with Crippen molar-refractivity contribution in [3.05, 3.63) is 35.6 Å². The number of benzene rings is 1. The number of rotatable bonds is 3. The second kappa shape index (κ2) is 7.85. The molecule has 1 aliphatic rings. The summed E-state index contributed by atoms with van der Waals surface area (Å²) in [5.74, 6) is -1.66. The average molecular weight is 351 g/mol. The van der Waals surface area contributed by atoms with Gasteiger partial charge < -0.3 is 14.4 Å². The summed E-state index contributed by atoms with van der Waals surface area (Å²) in [7, 11) is 0. The predicted molar refractivity (Wildman–Crippen MR) is 91.7 cm³/mol. The fourth-order valence-corrected chi connectivity index (χ4v) is 3.07. The van der Waals surface area contributed by atoms with Crippen LogP contribution in [0.1, 0.15) is 45.6 Å². The maximum absolute atomic E-state index is 14.3. The monoisotopic (exact) mass is 351 g/mol. The largest absolute Gasteiger partial charge is 0.466 e. The molecule has 5 nitrogen and oxygen atoms in total. The Kier molecular flexibility index (Phi) is 6.03. The topological polar surface area (TPSA) is 55.8 Å². The summed E-state index contributed by atoms with van der Waals surface area (Å²) < 4.78 is 24.9. The zero-order valence-corrected chi connectivity index (χ0v) is 15.3. The van der Waals surface area contributed by atoms with Gasteiger partial charge in [-0.2, -0.15) is 0 Å². The molecule has 0 N–H and O–H groups in total. The maximum Gasteiger partial charge on any atom is 0.410 e. The van der Waals surface area contributed by atoms with Crippen LogP contribution in [-0.4, -0.2) is 42.3 Å². The lowest BCUT2D eigenvalue weighted by Crippen LogP contribution is -2.47. The van der Waals surface area contributed by atoms with Crippen LogP contribution >= 0.6 is 0 Å². The molecule has 2 atom stereocenters. The fraction of sp³-hybridized carbons (Fsp3) is 0.579. The van der Waals surface area contributed by atoms with Crippen molar-refractivity contribution >= 4 is 12.1 Å². The molecule has 138 valence electrons. The molecule has 0 unspecified atom stereocenters. The molecule has 0 radical (unpaired) electrons. The highest BCUT2D eigenvalue weighted by atomic mass is 19.1. The number of halogens is 1. The third kappa shape index (κ3) is 4.94. The van der Waals surface area contributed by atoms with Crippen LogP contribution in [0.25, 0.3) is 0 Å². The van der Waals surface area contributed by atoms with E-state index in [1.165, 1.54) is 11.0 Å². The molecule has 0 bridgehead atoms. The van der Waals surface area contributed by atoms with E-state index in [0.717, 1.165) is 0 Å². The third-order valence-corrected chi connectivity index (χ3v) is 4.16. The molecular weight excluding hydrogens is 325 g/mol. The van der Waals surface area contributed by atoms with Crippen molar-refractivity contribution < 1.29 is 23.5 Å². The van der Waals surface area contributed by atoms with Crippen LogP contribution < -0.4 is 0 Å². The van der Waals surface area contributed by atoms with Crippen LogP contribution in [-0.2, 0) is 14.3 Å². The van der Waals surface area contributed by atoms with Crippen molar-refractivity contribution in [2.45, 2.75) is 45.6 Å². The smallest absolute Gasteiger partial charge is 0.410 e. The number of piperidine rings is 1. The molecule has 1 heterocycles. The van der Waals surface area contributed by atoms with Gasteiger partial charge in [-0.3, -0.25) is 4.79 Å². The summed E-state index contributed by atoms with van der Waals surface area (Å²) in [4.78, 5) is 26.2.